The van der Waals surface area contributed by atoms with Crippen LogP contribution in [0.2, 0.25) is 5.02 Å². The molecule has 15 heavy (non-hydrogen) atoms. The number of hydrogen-bond acceptors (Lipinski definition) is 2. The molecule has 0 amide bonds. The summed E-state index contributed by atoms with van der Waals surface area (Å²) in [5.74, 6) is 1.65. The fraction of sp³-hybridized carbons (Fsp3) is 0.417. The fourth-order valence-electron chi connectivity index (χ4n) is 1.11. The minimum atomic E-state index is 0.644. The molecule has 0 aliphatic carbocycles. The molecule has 0 aliphatic rings. The molecule has 0 radical (unpaired) electrons. The van der Waals surface area contributed by atoms with E-state index in [1.807, 2.05) is 6.07 Å². The van der Waals surface area contributed by atoms with Crippen molar-refractivity contribution in [3.8, 4) is 0 Å². The van der Waals surface area contributed by atoms with E-state index >= 15 is 0 Å². The minimum absolute atomic E-state index is 0.644. The van der Waals surface area contributed by atoms with E-state index in [-0.39, 0.29) is 0 Å². The van der Waals surface area contributed by atoms with E-state index in [4.69, 9.17) is 11.6 Å². The maximum atomic E-state index is 10.8. The average molecular weight is 243 g/mol. The van der Waals surface area contributed by atoms with Crippen molar-refractivity contribution in [3.05, 3.63) is 28.8 Å². The van der Waals surface area contributed by atoms with Gasteiger partial charge in [-0.3, -0.25) is 4.79 Å². The molecule has 0 N–H and O–H groups in total. The highest BCUT2D eigenvalue weighted by Crippen LogP contribution is 2.31. The predicted octanol–water partition coefficient (Wildman–Crippen LogP) is 4.29. The lowest BCUT2D eigenvalue weighted by Crippen LogP contribution is -1.96. The van der Waals surface area contributed by atoms with Gasteiger partial charge in [0.05, 0.1) is 5.02 Å². The van der Waals surface area contributed by atoms with Gasteiger partial charge >= 0.3 is 0 Å². The number of hydrogen-bond donors (Lipinski definition) is 0. The van der Waals surface area contributed by atoms with E-state index in [0.29, 0.717) is 16.5 Å². The lowest BCUT2D eigenvalue weighted by Gasteiger charge is -2.10. The molecule has 0 aromatic heterocycles. The van der Waals surface area contributed by atoms with E-state index < -0.39 is 0 Å². The summed E-state index contributed by atoms with van der Waals surface area (Å²) in [6, 6.07) is 5.44. The summed E-state index contributed by atoms with van der Waals surface area (Å²) in [6.07, 6.45) is 2.01. The quantitative estimate of drug-likeness (QED) is 0.566. The number of rotatable bonds is 5. The molecule has 82 valence electrons. The molecule has 1 atom stereocenters. The number of aldehydes is 1. The highest BCUT2D eigenvalue weighted by Gasteiger charge is 2.08. The van der Waals surface area contributed by atoms with Gasteiger partial charge in [-0.05, 0) is 12.0 Å². The lowest BCUT2D eigenvalue weighted by molar-refractivity contribution is 0.112. The van der Waals surface area contributed by atoms with E-state index in [1.54, 1.807) is 23.9 Å². The molecule has 0 spiro atoms. The van der Waals surface area contributed by atoms with E-state index in [2.05, 4.69) is 13.8 Å². The van der Waals surface area contributed by atoms with Gasteiger partial charge < -0.3 is 0 Å². The molecule has 1 aromatic carbocycles. The average Bonchev–Trinajstić information content (AvgIpc) is 2.26. The maximum Gasteiger partial charge on any atom is 0.151 e. The molecule has 1 aromatic rings. The predicted molar refractivity (Wildman–Crippen MR) is 67.0 cm³/mol. The Kier molecular flexibility index (Phi) is 5.20. The molecule has 0 heterocycles. The Balaban J connectivity index is 2.78. The normalized spacial score (nSPS) is 12.5. The molecule has 0 aliphatic heterocycles. The summed E-state index contributed by atoms with van der Waals surface area (Å²) in [6.45, 7) is 4.36. The third-order valence-electron chi connectivity index (χ3n) is 2.33. The van der Waals surface area contributed by atoms with Crippen molar-refractivity contribution in [1.29, 1.82) is 0 Å². The van der Waals surface area contributed by atoms with Crippen molar-refractivity contribution in [2.24, 2.45) is 5.92 Å². The largest absolute Gasteiger partial charge is 0.298 e. The molecule has 1 unspecified atom stereocenters. The van der Waals surface area contributed by atoms with Crippen molar-refractivity contribution < 1.29 is 4.79 Å². The molecule has 0 bridgehead atoms. The van der Waals surface area contributed by atoms with Crippen LogP contribution in [0.25, 0.3) is 0 Å². The number of benzene rings is 1. The van der Waals surface area contributed by atoms with Crippen LogP contribution in [0.1, 0.15) is 30.6 Å². The summed E-state index contributed by atoms with van der Waals surface area (Å²) in [4.78, 5) is 11.7. The second-order valence-electron chi connectivity index (χ2n) is 3.60. The third-order valence-corrected chi connectivity index (χ3v) is 4.24. The first-order valence-corrected chi connectivity index (χ1v) is 6.41. The van der Waals surface area contributed by atoms with Crippen LogP contribution >= 0.6 is 23.4 Å². The second-order valence-corrected chi connectivity index (χ2v) is 5.04. The van der Waals surface area contributed by atoms with Crippen molar-refractivity contribution in [3.63, 3.8) is 0 Å². The van der Waals surface area contributed by atoms with Gasteiger partial charge in [0.2, 0.25) is 0 Å². The molecule has 1 rings (SSSR count). The van der Waals surface area contributed by atoms with Crippen LogP contribution in [0, 0.1) is 5.92 Å². The van der Waals surface area contributed by atoms with Crippen LogP contribution in [0.3, 0.4) is 0 Å². The van der Waals surface area contributed by atoms with Gasteiger partial charge in [-0.1, -0.05) is 44.0 Å². The highest BCUT2D eigenvalue weighted by atomic mass is 35.5. The number of carbonyl (C=O) groups is 1. The Labute approximate surface area is 100 Å². The summed E-state index contributed by atoms with van der Waals surface area (Å²) in [5, 5.41) is 0.674. The zero-order valence-electron chi connectivity index (χ0n) is 9.00. The molecular weight excluding hydrogens is 228 g/mol. The lowest BCUT2D eigenvalue weighted by atomic mass is 10.2. The standard InChI is InChI=1S/C12H15ClOS/c1-3-9(2)8-15-12-10(7-14)5-4-6-11(12)13/h4-7,9H,3,8H2,1-2H3. The van der Waals surface area contributed by atoms with Crippen molar-refractivity contribution in [2.75, 3.05) is 5.75 Å². The van der Waals surface area contributed by atoms with Crippen LogP contribution in [0.4, 0.5) is 0 Å². The molecule has 0 saturated carbocycles. The number of thioether (sulfide) groups is 1. The van der Waals surface area contributed by atoms with Crippen molar-refractivity contribution in [2.45, 2.75) is 25.2 Å². The maximum absolute atomic E-state index is 10.8. The monoisotopic (exact) mass is 242 g/mol. The summed E-state index contributed by atoms with van der Waals surface area (Å²) < 4.78 is 0. The molecule has 0 fully saturated rings. The molecule has 1 nitrogen and oxygen atoms in total. The Bertz CT molecular complexity index is 338. The van der Waals surface area contributed by atoms with Gasteiger partial charge in [0, 0.05) is 16.2 Å². The zero-order valence-corrected chi connectivity index (χ0v) is 10.6. The number of carbonyl (C=O) groups excluding carboxylic acids is 1. The van der Waals surface area contributed by atoms with Gasteiger partial charge in [0.25, 0.3) is 0 Å². The minimum Gasteiger partial charge on any atom is -0.298 e. The first-order chi connectivity index (χ1) is 7.19. The Morgan fingerprint density at radius 2 is 2.27 bits per heavy atom. The first-order valence-electron chi connectivity index (χ1n) is 5.05. The molecule has 3 heteroatoms. The topological polar surface area (TPSA) is 17.1 Å². The zero-order chi connectivity index (χ0) is 11.3. The van der Waals surface area contributed by atoms with E-state index in [9.17, 15) is 4.79 Å². The van der Waals surface area contributed by atoms with Gasteiger partial charge in [0.1, 0.15) is 0 Å². The van der Waals surface area contributed by atoms with Gasteiger partial charge in [-0.25, -0.2) is 0 Å². The Morgan fingerprint density at radius 3 is 2.87 bits per heavy atom. The molecular formula is C12H15ClOS. The van der Waals surface area contributed by atoms with Crippen molar-refractivity contribution in [1.82, 2.24) is 0 Å². The van der Waals surface area contributed by atoms with Gasteiger partial charge in [-0.2, -0.15) is 0 Å². The number of halogens is 1. The van der Waals surface area contributed by atoms with Crippen molar-refractivity contribution >= 4 is 29.6 Å². The van der Waals surface area contributed by atoms with Gasteiger partial charge in [0.15, 0.2) is 6.29 Å². The van der Waals surface area contributed by atoms with Crippen LogP contribution in [0.15, 0.2) is 23.1 Å². The Morgan fingerprint density at radius 1 is 1.53 bits per heavy atom. The fourth-order valence-corrected chi connectivity index (χ4v) is 2.64. The first kappa shape index (κ1) is 12.6. The van der Waals surface area contributed by atoms with E-state index in [1.165, 1.54) is 0 Å². The van der Waals surface area contributed by atoms with E-state index in [0.717, 1.165) is 23.4 Å². The molecule has 0 saturated heterocycles. The summed E-state index contributed by atoms with van der Waals surface area (Å²) in [7, 11) is 0. The summed E-state index contributed by atoms with van der Waals surface area (Å²) >= 11 is 7.72. The van der Waals surface area contributed by atoms with Crippen LogP contribution in [-0.2, 0) is 0 Å². The SMILES string of the molecule is CCC(C)CSc1c(Cl)cccc1C=O. The highest BCUT2D eigenvalue weighted by molar-refractivity contribution is 7.99. The van der Waals surface area contributed by atoms with Crippen LogP contribution in [0.5, 0.6) is 0 Å². The van der Waals surface area contributed by atoms with Crippen LogP contribution in [-0.4, -0.2) is 12.0 Å². The Hall–Kier alpha value is -0.470. The summed E-state index contributed by atoms with van der Waals surface area (Å²) in [5.41, 5.74) is 0.691. The van der Waals surface area contributed by atoms with Crippen LogP contribution < -0.4 is 0 Å². The smallest absolute Gasteiger partial charge is 0.151 e. The van der Waals surface area contributed by atoms with Gasteiger partial charge in [-0.15, -0.1) is 11.8 Å². The second kappa shape index (κ2) is 6.19. The third kappa shape index (κ3) is 3.54.